The van der Waals surface area contributed by atoms with Crippen molar-refractivity contribution in [1.82, 2.24) is 0 Å². The van der Waals surface area contributed by atoms with Gasteiger partial charge in [0.1, 0.15) is 0 Å². The average Bonchev–Trinajstić information content (AvgIpc) is 2.62. The van der Waals surface area contributed by atoms with Gasteiger partial charge in [-0.15, -0.1) is 0 Å². The number of rotatable bonds is 1. The monoisotopic (exact) mass is 174 g/mol. The van der Waals surface area contributed by atoms with Crippen LogP contribution in [0.2, 0.25) is 0 Å². The van der Waals surface area contributed by atoms with Gasteiger partial charge in [-0.25, -0.2) is 0 Å². The molecule has 4 N–H and O–H groups in total. The summed E-state index contributed by atoms with van der Waals surface area (Å²) in [4.78, 5) is 0. The molecule has 68 valence electrons. The number of para-hydroxylation sites is 1. The Labute approximate surface area is 78.2 Å². The molecule has 1 atom stereocenters. The van der Waals surface area contributed by atoms with E-state index in [1.165, 1.54) is 5.56 Å². The maximum Gasteiger partial charge on any atom is 0.0586 e. The topological polar surface area (TPSA) is 52.0 Å². The lowest BCUT2D eigenvalue weighted by Crippen LogP contribution is -2.02. The molecule has 0 saturated carbocycles. The first-order chi connectivity index (χ1) is 6.29. The van der Waals surface area contributed by atoms with Crippen LogP contribution < -0.4 is 11.5 Å². The summed E-state index contributed by atoms with van der Waals surface area (Å²) in [5.74, 6) is 0.475. The molecule has 0 bridgehead atoms. The molecule has 0 spiro atoms. The molecule has 2 heteroatoms. The van der Waals surface area contributed by atoms with Gasteiger partial charge in [0.05, 0.1) is 11.4 Å². The van der Waals surface area contributed by atoms with Crippen molar-refractivity contribution in [2.45, 2.75) is 18.8 Å². The minimum atomic E-state index is 0.475. The maximum atomic E-state index is 5.90. The van der Waals surface area contributed by atoms with Gasteiger partial charge in [-0.1, -0.05) is 24.3 Å². The van der Waals surface area contributed by atoms with Crippen molar-refractivity contribution in [3.63, 3.8) is 0 Å². The van der Waals surface area contributed by atoms with Gasteiger partial charge in [0.15, 0.2) is 0 Å². The molecule has 13 heavy (non-hydrogen) atoms. The van der Waals surface area contributed by atoms with Crippen LogP contribution in [0.5, 0.6) is 0 Å². The van der Waals surface area contributed by atoms with Crippen LogP contribution in [0, 0.1) is 0 Å². The van der Waals surface area contributed by atoms with E-state index in [1.807, 2.05) is 12.1 Å². The second-order valence-electron chi connectivity index (χ2n) is 3.46. The zero-order chi connectivity index (χ0) is 9.26. The Morgan fingerprint density at radius 1 is 1.23 bits per heavy atom. The second kappa shape index (κ2) is 3.13. The molecule has 1 aromatic rings. The fraction of sp³-hybridized carbons (Fsp3) is 0.273. The lowest BCUT2D eigenvalue weighted by Gasteiger charge is -2.12. The molecule has 2 nitrogen and oxygen atoms in total. The van der Waals surface area contributed by atoms with Gasteiger partial charge in [-0.2, -0.15) is 0 Å². The molecule has 0 fully saturated rings. The Balaban J connectivity index is 2.39. The molecule has 0 aliphatic heterocycles. The molecule has 1 unspecified atom stereocenters. The van der Waals surface area contributed by atoms with Crippen LogP contribution in [0.3, 0.4) is 0 Å². The highest BCUT2D eigenvalue weighted by molar-refractivity contribution is 5.68. The van der Waals surface area contributed by atoms with E-state index in [1.54, 1.807) is 0 Å². The van der Waals surface area contributed by atoms with Crippen LogP contribution in [0.25, 0.3) is 0 Å². The van der Waals surface area contributed by atoms with Crippen molar-refractivity contribution in [2.24, 2.45) is 0 Å². The van der Waals surface area contributed by atoms with E-state index >= 15 is 0 Å². The third kappa shape index (κ3) is 1.39. The smallest absolute Gasteiger partial charge is 0.0586 e. The average molecular weight is 174 g/mol. The van der Waals surface area contributed by atoms with Crippen molar-refractivity contribution >= 4 is 11.4 Å². The second-order valence-corrected chi connectivity index (χ2v) is 3.46. The van der Waals surface area contributed by atoms with E-state index in [9.17, 15) is 0 Å². The van der Waals surface area contributed by atoms with E-state index in [0.717, 1.165) is 18.5 Å². The van der Waals surface area contributed by atoms with Crippen LogP contribution >= 0.6 is 0 Å². The van der Waals surface area contributed by atoms with Crippen molar-refractivity contribution in [2.75, 3.05) is 11.5 Å². The number of allylic oxidation sites excluding steroid dienone is 2. The Bertz CT molecular complexity index is 342. The molecule has 0 aromatic heterocycles. The molecule has 0 heterocycles. The van der Waals surface area contributed by atoms with Crippen molar-refractivity contribution < 1.29 is 0 Å². The summed E-state index contributed by atoms with van der Waals surface area (Å²) < 4.78 is 0. The fourth-order valence-corrected chi connectivity index (χ4v) is 1.82. The normalized spacial score (nSPS) is 20.8. The van der Waals surface area contributed by atoms with Gasteiger partial charge >= 0.3 is 0 Å². The SMILES string of the molecule is Nc1cccc(C2C=CCC2)c1N. The van der Waals surface area contributed by atoms with Gasteiger partial charge in [0.25, 0.3) is 0 Å². The molecule has 0 radical (unpaired) electrons. The maximum absolute atomic E-state index is 5.90. The number of nitrogens with two attached hydrogens (primary N) is 2. The molecule has 0 amide bonds. The van der Waals surface area contributed by atoms with Crippen molar-refractivity contribution in [3.05, 3.63) is 35.9 Å². The van der Waals surface area contributed by atoms with Crippen molar-refractivity contribution in [3.8, 4) is 0 Å². The van der Waals surface area contributed by atoms with Gasteiger partial charge < -0.3 is 11.5 Å². The molecular weight excluding hydrogens is 160 g/mol. The standard InChI is InChI=1S/C11H14N2/c12-10-7-3-6-9(11(10)13)8-4-1-2-5-8/h1,3-4,6-8H,2,5,12-13H2. The Kier molecular flexibility index (Phi) is 1.97. The predicted molar refractivity (Wildman–Crippen MR) is 56.4 cm³/mol. The van der Waals surface area contributed by atoms with E-state index in [2.05, 4.69) is 18.2 Å². The van der Waals surface area contributed by atoms with Crippen molar-refractivity contribution in [1.29, 1.82) is 0 Å². The Hall–Kier alpha value is -1.44. The number of hydrogen-bond donors (Lipinski definition) is 2. The predicted octanol–water partition coefficient (Wildman–Crippen LogP) is 2.28. The summed E-state index contributed by atoms with van der Waals surface area (Å²) in [5, 5.41) is 0. The molecule has 1 aliphatic carbocycles. The van der Waals surface area contributed by atoms with E-state index in [-0.39, 0.29) is 0 Å². The quantitative estimate of drug-likeness (QED) is 0.507. The lowest BCUT2D eigenvalue weighted by molar-refractivity contribution is 0.803. The number of nitrogen functional groups attached to an aromatic ring is 2. The third-order valence-electron chi connectivity index (χ3n) is 2.59. The largest absolute Gasteiger partial charge is 0.397 e. The van der Waals surface area contributed by atoms with Crippen LogP contribution in [0.1, 0.15) is 24.3 Å². The van der Waals surface area contributed by atoms with Crippen LogP contribution in [0.4, 0.5) is 11.4 Å². The first kappa shape index (κ1) is 8.17. The molecule has 2 rings (SSSR count). The Morgan fingerprint density at radius 3 is 2.77 bits per heavy atom. The van der Waals surface area contributed by atoms with E-state index in [4.69, 9.17) is 11.5 Å². The number of benzene rings is 1. The fourth-order valence-electron chi connectivity index (χ4n) is 1.82. The highest BCUT2D eigenvalue weighted by Crippen LogP contribution is 2.34. The number of hydrogen-bond acceptors (Lipinski definition) is 2. The summed E-state index contributed by atoms with van der Waals surface area (Å²) >= 11 is 0. The third-order valence-corrected chi connectivity index (χ3v) is 2.59. The Morgan fingerprint density at radius 2 is 2.08 bits per heavy atom. The zero-order valence-electron chi connectivity index (χ0n) is 7.53. The van der Waals surface area contributed by atoms with Crippen LogP contribution in [-0.4, -0.2) is 0 Å². The molecule has 1 aliphatic rings. The molecular formula is C11H14N2. The van der Waals surface area contributed by atoms with Crippen LogP contribution in [-0.2, 0) is 0 Å². The van der Waals surface area contributed by atoms with E-state index < -0.39 is 0 Å². The summed E-state index contributed by atoms with van der Waals surface area (Å²) in [6.07, 6.45) is 6.73. The van der Waals surface area contributed by atoms with Gasteiger partial charge in [-0.05, 0) is 24.5 Å². The summed E-state index contributed by atoms with van der Waals surface area (Å²) in [7, 11) is 0. The first-order valence-electron chi connectivity index (χ1n) is 4.59. The van der Waals surface area contributed by atoms with Crippen LogP contribution in [0.15, 0.2) is 30.4 Å². The lowest BCUT2D eigenvalue weighted by atomic mass is 9.96. The first-order valence-corrected chi connectivity index (χ1v) is 4.59. The van der Waals surface area contributed by atoms with Gasteiger partial charge in [0.2, 0.25) is 0 Å². The van der Waals surface area contributed by atoms with Gasteiger partial charge in [-0.3, -0.25) is 0 Å². The van der Waals surface area contributed by atoms with E-state index in [0.29, 0.717) is 11.6 Å². The van der Waals surface area contributed by atoms with Gasteiger partial charge in [0, 0.05) is 5.92 Å². The minimum Gasteiger partial charge on any atom is -0.397 e. The highest BCUT2D eigenvalue weighted by atomic mass is 14.7. The zero-order valence-corrected chi connectivity index (χ0v) is 7.53. The molecule has 0 saturated heterocycles. The number of anilines is 2. The minimum absolute atomic E-state index is 0.475. The summed E-state index contributed by atoms with van der Waals surface area (Å²) in [5.41, 5.74) is 14.3. The summed E-state index contributed by atoms with van der Waals surface area (Å²) in [6, 6.07) is 5.87. The highest BCUT2D eigenvalue weighted by Gasteiger charge is 2.14. The molecule has 1 aromatic carbocycles. The summed E-state index contributed by atoms with van der Waals surface area (Å²) in [6.45, 7) is 0.